The molecule has 0 aromatic rings. The van der Waals surface area contributed by atoms with E-state index in [4.69, 9.17) is 69.6 Å². The molecule has 2 atom stereocenters. The van der Waals surface area contributed by atoms with Crippen molar-refractivity contribution in [2.75, 3.05) is 0 Å². The molecule has 0 heterocycles. The minimum absolute atomic E-state index is 0.347. The van der Waals surface area contributed by atoms with Crippen LogP contribution in [0, 0.1) is 10.8 Å². The molecule has 2 N–H and O–H groups in total. The number of carboxylic acid groups (broad SMARTS) is 2. The average molecular weight is 391 g/mol. The Hall–Kier alpha value is 0.680. The maximum Gasteiger partial charge on any atom is 0.314 e. The highest BCUT2D eigenvalue weighted by Gasteiger charge is 2.93. The van der Waals surface area contributed by atoms with Crippen LogP contribution in [0.25, 0.3) is 0 Å². The van der Waals surface area contributed by atoms with Crippen LogP contribution in [0.15, 0.2) is 0 Å². The maximum absolute atomic E-state index is 11.5. The first-order valence-electron chi connectivity index (χ1n) is 4.90. The standard InChI is InChI=1S/C9H6Cl6O4/c10-7(11)2-5(3(16)17)1-6(5,4(18)19)8(12,13)9(7,14)15/h1-2H2,(H,16,17)(H,18,19). The van der Waals surface area contributed by atoms with E-state index in [-0.39, 0.29) is 6.42 Å². The Balaban J connectivity index is 2.70. The average Bonchev–Trinajstić information content (AvgIpc) is 2.87. The smallest absolute Gasteiger partial charge is 0.314 e. The van der Waals surface area contributed by atoms with Crippen LogP contribution in [-0.4, -0.2) is 35.2 Å². The second-order valence-electron chi connectivity index (χ2n) is 4.80. The minimum Gasteiger partial charge on any atom is -0.481 e. The number of carbonyl (C=O) groups is 2. The van der Waals surface area contributed by atoms with E-state index < -0.39 is 42.2 Å². The number of rotatable bonds is 2. The summed E-state index contributed by atoms with van der Waals surface area (Å²) in [4.78, 5) is 22.9. The highest BCUT2D eigenvalue weighted by Crippen LogP contribution is 2.84. The van der Waals surface area contributed by atoms with Crippen molar-refractivity contribution in [3.05, 3.63) is 0 Å². The molecule has 0 aromatic carbocycles. The molecule has 0 bridgehead atoms. The normalized spacial score (nSPS) is 41.2. The highest BCUT2D eigenvalue weighted by molar-refractivity contribution is 6.71. The zero-order valence-corrected chi connectivity index (χ0v) is 13.4. The van der Waals surface area contributed by atoms with Crippen molar-refractivity contribution in [2.45, 2.75) is 25.8 Å². The molecule has 2 rings (SSSR count). The summed E-state index contributed by atoms with van der Waals surface area (Å²) in [6.07, 6.45) is -0.820. The van der Waals surface area contributed by atoms with Gasteiger partial charge in [0, 0.05) is 6.42 Å². The van der Waals surface area contributed by atoms with Crippen LogP contribution in [0.2, 0.25) is 0 Å². The third-order valence-corrected chi connectivity index (χ3v) is 7.98. The van der Waals surface area contributed by atoms with Gasteiger partial charge in [0.05, 0.1) is 5.41 Å². The van der Waals surface area contributed by atoms with Crippen molar-refractivity contribution in [3.63, 3.8) is 0 Å². The van der Waals surface area contributed by atoms with Crippen molar-refractivity contribution in [1.82, 2.24) is 0 Å². The maximum atomic E-state index is 11.5. The van der Waals surface area contributed by atoms with E-state index in [9.17, 15) is 19.8 Å². The summed E-state index contributed by atoms with van der Waals surface area (Å²) < 4.78 is -6.62. The second-order valence-corrected chi connectivity index (χ2v) is 8.94. The number of hydrogen-bond donors (Lipinski definition) is 2. The molecular formula is C9H6Cl6O4. The van der Waals surface area contributed by atoms with Gasteiger partial charge < -0.3 is 10.2 Å². The summed E-state index contributed by atoms with van der Waals surface area (Å²) in [5.74, 6) is -2.91. The first-order valence-corrected chi connectivity index (χ1v) is 7.17. The van der Waals surface area contributed by atoms with Gasteiger partial charge in [0.25, 0.3) is 0 Å². The lowest BCUT2D eigenvalue weighted by atomic mass is 9.77. The molecule has 2 saturated carbocycles. The van der Waals surface area contributed by atoms with Crippen LogP contribution in [-0.2, 0) is 9.59 Å². The molecule has 10 heteroatoms. The summed E-state index contributed by atoms with van der Waals surface area (Å²) in [5, 5.41) is 18.7. The third-order valence-electron chi connectivity index (χ3n) is 3.95. The fourth-order valence-electron chi connectivity index (χ4n) is 2.77. The van der Waals surface area contributed by atoms with Crippen molar-refractivity contribution in [2.24, 2.45) is 10.8 Å². The molecule has 108 valence electrons. The number of carboxylic acids is 2. The highest BCUT2D eigenvalue weighted by atomic mass is 35.5. The monoisotopic (exact) mass is 388 g/mol. The molecule has 0 aliphatic heterocycles. The fourth-order valence-corrected chi connectivity index (χ4v) is 5.14. The van der Waals surface area contributed by atoms with Crippen molar-refractivity contribution in [1.29, 1.82) is 0 Å². The molecule has 2 fully saturated rings. The Morgan fingerprint density at radius 2 is 1.26 bits per heavy atom. The van der Waals surface area contributed by atoms with Gasteiger partial charge in [0.15, 0.2) is 13.0 Å². The summed E-state index contributed by atoms with van der Waals surface area (Å²) in [7, 11) is 0. The van der Waals surface area contributed by atoms with Gasteiger partial charge in [-0.2, -0.15) is 0 Å². The summed E-state index contributed by atoms with van der Waals surface area (Å²) in [6.45, 7) is 0. The van der Waals surface area contributed by atoms with E-state index in [0.29, 0.717) is 0 Å². The Morgan fingerprint density at radius 1 is 0.789 bits per heavy atom. The lowest BCUT2D eigenvalue weighted by molar-refractivity contribution is -0.156. The van der Waals surface area contributed by atoms with E-state index in [1.165, 1.54) is 0 Å². The lowest BCUT2D eigenvalue weighted by Gasteiger charge is -2.49. The molecular weight excluding hydrogens is 385 g/mol. The van der Waals surface area contributed by atoms with Crippen LogP contribution in [0.3, 0.4) is 0 Å². The SMILES string of the molecule is O=C(O)C12CC(Cl)(Cl)C(Cl)(Cl)C(Cl)(Cl)C1(C(=O)O)C2. The van der Waals surface area contributed by atoms with Gasteiger partial charge in [-0.3, -0.25) is 9.59 Å². The van der Waals surface area contributed by atoms with Gasteiger partial charge in [-0.1, -0.05) is 69.6 Å². The Kier molecular flexibility index (Phi) is 3.30. The van der Waals surface area contributed by atoms with Crippen molar-refractivity contribution < 1.29 is 19.8 Å². The molecule has 2 aliphatic carbocycles. The van der Waals surface area contributed by atoms with Crippen LogP contribution < -0.4 is 0 Å². The van der Waals surface area contributed by atoms with Crippen molar-refractivity contribution >= 4 is 81.5 Å². The van der Waals surface area contributed by atoms with Gasteiger partial charge >= 0.3 is 11.9 Å². The van der Waals surface area contributed by atoms with Crippen LogP contribution in [0.1, 0.15) is 12.8 Å². The molecule has 0 radical (unpaired) electrons. The third kappa shape index (κ3) is 1.51. The number of halogens is 6. The van der Waals surface area contributed by atoms with Gasteiger partial charge in [-0.25, -0.2) is 0 Å². The quantitative estimate of drug-likeness (QED) is 0.708. The van der Waals surface area contributed by atoms with E-state index in [1.54, 1.807) is 0 Å². The Morgan fingerprint density at radius 3 is 1.63 bits per heavy atom. The predicted octanol–water partition coefficient (Wildman–Crippen LogP) is 3.46. The molecule has 2 aliphatic rings. The molecule has 0 aromatic heterocycles. The van der Waals surface area contributed by atoms with Gasteiger partial charge in [0.2, 0.25) is 0 Å². The Bertz CT molecular complexity index is 489. The number of hydrogen-bond acceptors (Lipinski definition) is 2. The van der Waals surface area contributed by atoms with Gasteiger partial charge in [0.1, 0.15) is 5.41 Å². The van der Waals surface area contributed by atoms with Crippen LogP contribution >= 0.6 is 69.6 Å². The van der Waals surface area contributed by atoms with Gasteiger partial charge in [-0.05, 0) is 6.42 Å². The zero-order chi connectivity index (χ0) is 15.1. The second kappa shape index (κ2) is 3.90. The zero-order valence-electron chi connectivity index (χ0n) is 8.89. The summed E-state index contributed by atoms with van der Waals surface area (Å²) in [6, 6.07) is 0. The molecule has 19 heavy (non-hydrogen) atoms. The van der Waals surface area contributed by atoms with E-state index in [1.807, 2.05) is 0 Å². The topological polar surface area (TPSA) is 74.6 Å². The molecule has 4 nitrogen and oxygen atoms in total. The van der Waals surface area contributed by atoms with E-state index >= 15 is 0 Å². The first-order chi connectivity index (χ1) is 8.30. The lowest BCUT2D eigenvalue weighted by Crippen LogP contribution is -2.63. The van der Waals surface area contributed by atoms with E-state index in [0.717, 1.165) is 0 Å². The summed E-state index contributed by atoms with van der Waals surface area (Å²) in [5.41, 5.74) is -3.83. The van der Waals surface area contributed by atoms with Crippen LogP contribution in [0.5, 0.6) is 0 Å². The minimum atomic E-state index is -2.37. The van der Waals surface area contributed by atoms with Crippen LogP contribution in [0.4, 0.5) is 0 Å². The molecule has 0 saturated heterocycles. The number of aliphatic carboxylic acids is 2. The number of fused-ring (bicyclic) bond motifs is 1. The van der Waals surface area contributed by atoms with E-state index in [2.05, 4.69) is 0 Å². The summed E-state index contributed by atoms with van der Waals surface area (Å²) >= 11 is 35.8. The predicted molar refractivity (Wildman–Crippen MR) is 72.7 cm³/mol. The first kappa shape index (κ1) is 16.1. The van der Waals surface area contributed by atoms with Crippen molar-refractivity contribution in [3.8, 4) is 0 Å². The number of alkyl halides is 6. The molecule has 2 unspecified atom stereocenters. The molecule has 0 spiro atoms. The fraction of sp³-hybridized carbons (Fsp3) is 0.778. The van der Waals surface area contributed by atoms with Gasteiger partial charge in [-0.15, -0.1) is 0 Å². The Labute approximate surface area is 137 Å². The largest absolute Gasteiger partial charge is 0.481 e. The molecule has 0 amide bonds.